The van der Waals surface area contributed by atoms with E-state index in [9.17, 15) is 13.2 Å². The van der Waals surface area contributed by atoms with Crippen LogP contribution in [0.2, 0.25) is 0 Å². The van der Waals surface area contributed by atoms with Crippen molar-refractivity contribution < 1.29 is 17.9 Å². The molecule has 7 nitrogen and oxygen atoms in total. The standard InChI is InChI=1S/C23H25F3N6O/c1-3-30-21-13(9-27)6-14(10-32-23(25)26)20(28)17-5-4-16(24)8-18(17)12(2)33-19-7-15(21)11-31-22(19)29/h4-5,7-12,23H,3,6,27-28H2,1-2H3,(H2,29,31)/t12-/m1/s1. The normalized spacial score (nSPS) is 19.5. The van der Waals surface area contributed by atoms with E-state index in [2.05, 4.69) is 15.0 Å². The molecule has 1 aromatic heterocycles. The summed E-state index contributed by atoms with van der Waals surface area (Å²) >= 11 is 0. The molecule has 0 fully saturated rings. The average Bonchev–Trinajstić information content (AvgIpc) is 2.78. The quantitative estimate of drug-likeness (QED) is 0.474. The molecule has 2 aromatic rings. The van der Waals surface area contributed by atoms with Crippen molar-refractivity contribution in [3.05, 3.63) is 70.3 Å². The zero-order chi connectivity index (χ0) is 24.1. The second kappa shape index (κ2) is 10.2. The van der Waals surface area contributed by atoms with Crippen LogP contribution < -0.4 is 21.9 Å². The summed E-state index contributed by atoms with van der Waals surface area (Å²) in [7, 11) is 0. The number of hydrogen-bond acceptors (Lipinski definition) is 7. The number of nitrogens with zero attached hydrogens (tertiary/aromatic N) is 3. The number of alkyl halides is 2. The van der Waals surface area contributed by atoms with Crippen LogP contribution >= 0.6 is 0 Å². The summed E-state index contributed by atoms with van der Waals surface area (Å²) in [6.07, 6.45) is 3.20. The first-order valence-corrected chi connectivity index (χ1v) is 10.2. The number of hydrogen-bond donors (Lipinski definition) is 3. The summed E-state index contributed by atoms with van der Waals surface area (Å²) < 4.78 is 46.0. The van der Waals surface area contributed by atoms with Gasteiger partial charge in [0.25, 0.3) is 0 Å². The highest BCUT2D eigenvalue weighted by molar-refractivity contribution is 6.13. The Morgan fingerprint density at radius 1 is 1.27 bits per heavy atom. The monoisotopic (exact) mass is 458 g/mol. The van der Waals surface area contributed by atoms with Crippen molar-refractivity contribution in [3.63, 3.8) is 0 Å². The van der Waals surface area contributed by atoms with Crippen molar-refractivity contribution in [1.82, 2.24) is 4.98 Å². The van der Waals surface area contributed by atoms with Crippen LogP contribution in [0.4, 0.5) is 19.0 Å². The highest BCUT2D eigenvalue weighted by Gasteiger charge is 2.22. The lowest BCUT2D eigenvalue weighted by Gasteiger charge is -2.23. The van der Waals surface area contributed by atoms with Gasteiger partial charge < -0.3 is 21.9 Å². The second-order valence-corrected chi connectivity index (χ2v) is 7.29. The Kier molecular flexibility index (Phi) is 7.37. The number of rotatable bonds is 3. The van der Waals surface area contributed by atoms with Crippen molar-refractivity contribution in [3.8, 4) is 5.75 Å². The number of nitrogens with two attached hydrogens (primary N) is 3. The number of fused-ring (bicyclic) bond motifs is 3. The molecule has 0 spiro atoms. The third-order valence-electron chi connectivity index (χ3n) is 5.09. The van der Waals surface area contributed by atoms with Gasteiger partial charge in [-0.2, -0.15) is 8.78 Å². The minimum absolute atomic E-state index is 0.0448. The molecule has 2 heterocycles. The average molecular weight is 458 g/mol. The molecule has 0 radical (unpaired) electrons. The molecule has 2 bridgehead atoms. The van der Waals surface area contributed by atoms with E-state index in [1.54, 1.807) is 13.0 Å². The van der Waals surface area contributed by atoms with E-state index in [0.717, 1.165) is 6.21 Å². The number of ether oxygens (including phenoxy) is 1. The fraction of sp³-hybridized carbons (Fsp3) is 0.261. The fourth-order valence-corrected chi connectivity index (χ4v) is 3.54. The molecular weight excluding hydrogens is 433 g/mol. The molecule has 1 atom stereocenters. The third kappa shape index (κ3) is 5.33. The minimum Gasteiger partial charge on any atom is -0.482 e. The van der Waals surface area contributed by atoms with Gasteiger partial charge in [0, 0.05) is 47.8 Å². The van der Waals surface area contributed by atoms with Gasteiger partial charge in [0.1, 0.15) is 11.9 Å². The molecule has 0 unspecified atom stereocenters. The smallest absolute Gasteiger partial charge is 0.331 e. The van der Waals surface area contributed by atoms with E-state index in [1.165, 1.54) is 30.6 Å². The topological polar surface area (TPSA) is 125 Å². The molecule has 1 aliphatic rings. The van der Waals surface area contributed by atoms with Crippen molar-refractivity contribution >= 4 is 23.4 Å². The molecule has 0 saturated carbocycles. The Labute approximate surface area is 189 Å². The predicted octanol–water partition coefficient (Wildman–Crippen LogP) is 3.96. The number of allylic oxidation sites excluding steroid dienone is 2. The van der Waals surface area contributed by atoms with Gasteiger partial charge in [-0.25, -0.2) is 14.4 Å². The maximum Gasteiger partial charge on any atom is 0.331 e. The molecule has 1 aliphatic heterocycles. The summed E-state index contributed by atoms with van der Waals surface area (Å²) in [4.78, 5) is 11.9. The van der Waals surface area contributed by atoms with E-state index < -0.39 is 18.5 Å². The van der Waals surface area contributed by atoms with E-state index in [1.807, 2.05) is 6.92 Å². The first kappa shape index (κ1) is 23.8. The Bertz CT molecular complexity index is 1160. The van der Waals surface area contributed by atoms with Crippen LogP contribution in [0.3, 0.4) is 0 Å². The van der Waals surface area contributed by atoms with E-state index >= 15 is 0 Å². The Morgan fingerprint density at radius 2 is 2.03 bits per heavy atom. The lowest BCUT2D eigenvalue weighted by Crippen LogP contribution is -2.17. The van der Waals surface area contributed by atoms with Gasteiger partial charge in [0.15, 0.2) is 11.6 Å². The fourth-order valence-electron chi connectivity index (χ4n) is 3.54. The van der Waals surface area contributed by atoms with Crippen molar-refractivity contribution in [1.29, 1.82) is 0 Å². The van der Waals surface area contributed by atoms with Gasteiger partial charge >= 0.3 is 6.55 Å². The number of halogens is 3. The van der Waals surface area contributed by atoms with Crippen LogP contribution in [-0.2, 0) is 0 Å². The first-order valence-electron chi connectivity index (χ1n) is 10.2. The van der Waals surface area contributed by atoms with Crippen LogP contribution in [0.25, 0.3) is 5.70 Å². The maximum atomic E-state index is 14.1. The molecule has 0 aliphatic carbocycles. The molecule has 174 valence electrons. The van der Waals surface area contributed by atoms with Crippen molar-refractivity contribution in [2.24, 2.45) is 21.5 Å². The third-order valence-corrected chi connectivity index (χ3v) is 5.09. The highest BCUT2D eigenvalue weighted by atomic mass is 19.3. The number of anilines is 1. The summed E-state index contributed by atoms with van der Waals surface area (Å²) in [5.41, 5.74) is 21.1. The number of benzene rings is 1. The molecule has 0 amide bonds. The largest absolute Gasteiger partial charge is 0.482 e. The van der Waals surface area contributed by atoms with Gasteiger partial charge in [0.2, 0.25) is 0 Å². The summed E-state index contributed by atoms with van der Waals surface area (Å²) in [6, 6.07) is 5.63. The van der Waals surface area contributed by atoms with Gasteiger partial charge in [-0.3, -0.25) is 4.99 Å². The molecule has 1 aromatic carbocycles. The maximum absolute atomic E-state index is 14.1. The van der Waals surface area contributed by atoms with Gasteiger partial charge in [-0.05, 0) is 55.5 Å². The zero-order valence-electron chi connectivity index (χ0n) is 18.2. The Hall–Kier alpha value is -3.82. The number of pyridine rings is 1. The SMILES string of the molecule is CCN=C1C(=CN)CC(C=NC(F)F)=C(N)c2ccc(F)cc2[C@@H](C)Oc2cc1cnc2N. The number of aromatic nitrogens is 1. The Balaban J connectivity index is 2.34. The lowest BCUT2D eigenvalue weighted by molar-refractivity contribution is 0.160. The zero-order valence-corrected chi connectivity index (χ0v) is 18.2. The molecule has 6 N–H and O–H groups in total. The summed E-state index contributed by atoms with van der Waals surface area (Å²) in [5, 5.41) is 0. The second-order valence-electron chi connectivity index (χ2n) is 7.29. The molecule has 33 heavy (non-hydrogen) atoms. The van der Waals surface area contributed by atoms with Crippen molar-refractivity contribution in [2.45, 2.75) is 32.9 Å². The molecule has 3 rings (SSSR count). The van der Waals surface area contributed by atoms with Gasteiger partial charge in [0.05, 0.1) is 5.71 Å². The molecular formula is C23H25F3N6O. The van der Waals surface area contributed by atoms with Crippen molar-refractivity contribution in [2.75, 3.05) is 12.3 Å². The highest BCUT2D eigenvalue weighted by Crippen LogP contribution is 2.33. The van der Waals surface area contributed by atoms with E-state index in [0.29, 0.717) is 34.5 Å². The van der Waals surface area contributed by atoms with Crippen LogP contribution in [0.1, 0.15) is 43.1 Å². The lowest BCUT2D eigenvalue weighted by atomic mass is 9.92. The van der Waals surface area contributed by atoms with E-state index in [-0.39, 0.29) is 29.3 Å². The summed E-state index contributed by atoms with van der Waals surface area (Å²) in [5.74, 6) is -0.0901. The summed E-state index contributed by atoms with van der Waals surface area (Å²) in [6.45, 7) is 1.03. The molecule has 10 heteroatoms. The number of aliphatic imine (C=N–C) groups is 2. The van der Waals surface area contributed by atoms with Crippen LogP contribution in [0.5, 0.6) is 5.75 Å². The van der Waals surface area contributed by atoms with Crippen LogP contribution in [0, 0.1) is 5.82 Å². The van der Waals surface area contributed by atoms with Gasteiger partial charge in [-0.15, -0.1) is 0 Å². The van der Waals surface area contributed by atoms with Gasteiger partial charge in [-0.1, -0.05) is 0 Å². The number of nitrogen functional groups attached to an aromatic ring is 1. The predicted molar refractivity (Wildman–Crippen MR) is 124 cm³/mol. The van der Waals surface area contributed by atoms with Crippen LogP contribution in [-0.4, -0.2) is 30.0 Å². The minimum atomic E-state index is -2.93. The van der Waals surface area contributed by atoms with E-state index in [4.69, 9.17) is 21.9 Å². The Morgan fingerprint density at radius 3 is 2.70 bits per heavy atom. The first-order chi connectivity index (χ1) is 15.7. The van der Waals surface area contributed by atoms with Crippen LogP contribution in [0.15, 0.2) is 57.8 Å². The molecule has 0 saturated heterocycles.